The molecule has 0 fully saturated rings. The van der Waals surface area contributed by atoms with Crippen LogP contribution in [0, 0.1) is 0 Å². The average molecular weight is 455 g/mol. The van der Waals surface area contributed by atoms with E-state index in [1.54, 1.807) is 19.2 Å². The average Bonchev–Trinajstić information content (AvgIpc) is 3.43. The molecule has 0 bridgehead atoms. The quantitative estimate of drug-likeness (QED) is 0.364. The minimum absolute atomic E-state index is 0.0371. The summed E-state index contributed by atoms with van der Waals surface area (Å²) in [6, 6.07) is 7.52. The lowest BCUT2D eigenvalue weighted by molar-refractivity contribution is -0.143. The number of carbonyl (C=O) groups is 1. The highest BCUT2D eigenvalue weighted by molar-refractivity contribution is 6.32. The molecule has 1 N–H and O–H groups in total. The number of halogens is 1. The summed E-state index contributed by atoms with van der Waals surface area (Å²) in [5.41, 5.74) is 3.36. The van der Waals surface area contributed by atoms with Crippen molar-refractivity contribution in [2.24, 2.45) is 0 Å². The van der Waals surface area contributed by atoms with E-state index in [4.69, 9.17) is 25.6 Å². The predicted molar refractivity (Wildman–Crippen MR) is 121 cm³/mol. The Hall–Kier alpha value is -3.39. The fourth-order valence-corrected chi connectivity index (χ4v) is 3.60. The van der Waals surface area contributed by atoms with E-state index in [-0.39, 0.29) is 12.1 Å². The lowest BCUT2D eigenvalue weighted by Gasteiger charge is -2.09. The fourth-order valence-electron chi connectivity index (χ4n) is 3.39. The van der Waals surface area contributed by atoms with Crippen LogP contribution in [0.15, 0.2) is 41.2 Å². The van der Waals surface area contributed by atoms with Gasteiger partial charge in [-0.05, 0) is 44.9 Å². The highest BCUT2D eigenvalue weighted by Crippen LogP contribution is 2.32. The number of aryl methyl sites for hydroxylation is 1. The van der Waals surface area contributed by atoms with Gasteiger partial charge in [0, 0.05) is 35.3 Å². The maximum atomic E-state index is 11.7. The summed E-state index contributed by atoms with van der Waals surface area (Å²) < 4.78 is 16.1. The van der Waals surface area contributed by atoms with E-state index in [0.717, 1.165) is 22.0 Å². The van der Waals surface area contributed by atoms with Crippen molar-refractivity contribution < 1.29 is 18.8 Å². The van der Waals surface area contributed by atoms with Gasteiger partial charge in [0.25, 0.3) is 5.89 Å². The summed E-state index contributed by atoms with van der Waals surface area (Å²) in [7, 11) is 0. The van der Waals surface area contributed by atoms with Crippen molar-refractivity contribution in [1.82, 2.24) is 20.1 Å². The van der Waals surface area contributed by atoms with Crippen LogP contribution in [0.2, 0.25) is 5.02 Å². The molecule has 0 saturated heterocycles. The molecule has 0 atom stereocenters. The third-order valence-electron chi connectivity index (χ3n) is 4.78. The molecule has 0 unspecified atom stereocenters. The molecule has 3 aromatic heterocycles. The number of benzene rings is 1. The number of aromatic nitrogens is 4. The Bertz CT molecular complexity index is 1250. The van der Waals surface area contributed by atoms with Crippen LogP contribution in [-0.2, 0) is 16.0 Å². The van der Waals surface area contributed by atoms with Crippen LogP contribution in [0.25, 0.3) is 33.7 Å². The zero-order valence-corrected chi connectivity index (χ0v) is 18.8. The second-order valence-corrected chi connectivity index (χ2v) is 7.85. The number of pyridine rings is 1. The molecular weight excluding hydrogens is 432 g/mol. The number of esters is 1. The van der Waals surface area contributed by atoms with Gasteiger partial charge in [0.05, 0.1) is 18.3 Å². The van der Waals surface area contributed by atoms with Crippen LogP contribution < -0.4 is 4.74 Å². The summed E-state index contributed by atoms with van der Waals surface area (Å²) in [4.78, 5) is 23.8. The van der Waals surface area contributed by atoms with E-state index in [2.05, 4.69) is 20.1 Å². The van der Waals surface area contributed by atoms with Crippen LogP contribution in [-0.4, -0.2) is 38.8 Å². The van der Waals surface area contributed by atoms with E-state index in [1.807, 2.05) is 38.2 Å². The van der Waals surface area contributed by atoms with E-state index in [9.17, 15) is 4.79 Å². The molecule has 9 heteroatoms. The minimum Gasteiger partial charge on any atom is -0.474 e. The number of aromatic amines is 1. The molecule has 3 heterocycles. The van der Waals surface area contributed by atoms with Gasteiger partial charge < -0.3 is 19.0 Å². The Labute approximate surface area is 189 Å². The monoisotopic (exact) mass is 454 g/mol. The molecule has 0 aliphatic heterocycles. The third kappa shape index (κ3) is 4.60. The number of rotatable bonds is 8. The van der Waals surface area contributed by atoms with Crippen molar-refractivity contribution in [3.05, 3.63) is 47.2 Å². The minimum atomic E-state index is -0.212. The van der Waals surface area contributed by atoms with Crippen molar-refractivity contribution in [2.45, 2.75) is 39.7 Å². The molecule has 1 aromatic carbocycles. The van der Waals surface area contributed by atoms with Crippen molar-refractivity contribution in [3.8, 4) is 28.7 Å². The van der Waals surface area contributed by atoms with Gasteiger partial charge in [0.15, 0.2) is 0 Å². The van der Waals surface area contributed by atoms with Gasteiger partial charge in [-0.1, -0.05) is 28.9 Å². The van der Waals surface area contributed by atoms with E-state index in [1.165, 1.54) is 0 Å². The maximum absolute atomic E-state index is 11.7. The fraction of sp³-hybridized carbons (Fsp3) is 0.304. The second kappa shape index (κ2) is 9.40. The van der Waals surface area contributed by atoms with Crippen LogP contribution in [0.1, 0.15) is 32.8 Å². The number of ether oxygens (including phenoxy) is 2. The molecular formula is C23H23ClN4O4. The molecule has 0 spiro atoms. The first-order valence-corrected chi connectivity index (χ1v) is 10.7. The van der Waals surface area contributed by atoms with Crippen molar-refractivity contribution in [2.75, 3.05) is 6.61 Å². The largest absolute Gasteiger partial charge is 0.474 e. The van der Waals surface area contributed by atoms with E-state index < -0.39 is 0 Å². The Balaban J connectivity index is 1.60. The summed E-state index contributed by atoms with van der Waals surface area (Å²) >= 11 is 6.29. The standard InChI is InChI=1S/C23H23ClN4O4/c1-4-30-19(29)8-6-14-5-7-17(16-9-10-25-20(14)16)21-27-22(32-28-21)15-11-18(24)23(26-12-15)31-13(2)3/h5,7,9-13,25H,4,6,8H2,1-3H3. The summed E-state index contributed by atoms with van der Waals surface area (Å²) in [6.45, 7) is 5.98. The van der Waals surface area contributed by atoms with Gasteiger partial charge in [0.1, 0.15) is 5.02 Å². The summed E-state index contributed by atoms with van der Waals surface area (Å²) in [6.07, 6.45) is 4.29. The number of hydrogen-bond donors (Lipinski definition) is 1. The van der Waals surface area contributed by atoms with Crippen LogP contribution in [0.4, 0.5) is 0 Å². The molecule has 8 nitrogen and oxygen atoms in total. The van der Waals surface area contributed by atoms with Gasteiger partial charge in [-0.3, -0.25) is 4.79 Å². The van der Waals surface area contributed by atoms with Gasteiger partial charge in [-0.2, -0.15) is 4.98 Å². The number of hydrogen-bond acceptors (Lipinski definition) is 7. The Morgan fingerprint density at radius 3 is 2.88 bits per heavy atom. The molecule has 0 radical (unpaired) electrons. The smallest absolute Gasteiger partial charge is 0.306 e. The SMILES string of the molecule is CCOC(=O)CCc1ccc(-c2noc(-c3cnc(OC(C)C)c(Cl)c3)n2)c2cc[nH]c12. The predicted octanol–water partition coefficient (Wildman–Crippen LogP) is 5.22. The Morgan fingerprint density at radius 1 is 1.28 bits per heavy atom. The van der Waals surface area contributed by atoms with E-state index >= 15 is 0 Å². The lowest BCUT2D eigenvalue weighted by Crippen LogP contribution is -2.07. The van der Waals surface area contributed by atoms with Crippen molar-refractivity contribution in [1.29, 1.82) is 0 Å². The third-order valence-corrected chi connectivity index (χ3v) is 5.05. The van der Waals surface area contributed by atoms with Gasteiger partial charge in [-0.15, -0.1) is 0 Å². The van der Waals surface area contributed by atoms with Crippen LogP contribution >= 0.6 is 11.6 Å². The molecule has 32 heavy (non-hydrogen) atoms. The van der Waals surface area contributed by atoms with Gasteiger partial charge in [0.2, 0.25) is 11.7 Å². The second-order valence-electron chi connectivity index (χ2n) is 7.44. The highest BCUT2D eigenvalue weighted by Gasteiger charge is 2.17. The summed E-state index contributed by atoms with van der Waals surface area (Å²) in [5, 5.41) is 5.46. The number of carbonyl (C=O) groups excluding carboxylic acids is 1. The van der Waals surface area contributed by atoms with Crippen molar-refractivity contribution in [3.63, 3.8) is 0 Å². The first-order valence-electron chi connectivity index (χ1n) is 10.4. The number of nitrogens with zero attached hydrogens (tertiary/aromatic N) is 3. The summed E-state index contributed by atoms with van der Waals surface area (Å²) in [5.74, 6) is 0.898. The molecule has 0 aliphatic carbocycles. The number of fused-ring (bicyclic) bond motifs is 1. The van der Waals surface area contributed by atoms with Crippen molar-refractivity contribution >= 4 is 28.5 Å². The zero-order chi connectivity index (χ0) is 22.7. The topological polar surface area (TPSA) is 103 Å². The van der Waals surface area contributed by atoms with Gasteiger partial charge in [-0.25, -0.2) is 4.98 Å². The normalized spacial score (nSPS) is 11.3. The molecule has 0 amide bonds. The molecule has 0 saturated carbocycles. The molecule has 4 rings (SSSR count). The first kappa shape index (κ1) is 21.8. The highest BCUT2D eigenvalue weighted by atomic mass is 35.5. The van der Waals surface area contributed by atoms with Crippen LogP contribution in [0.3, 0.4) is 0 Å². The Morgan fingerprint density at radius 2 is 2.12 bits per heavy atom. The number of nitrogens with one attached hydrogen (secondary N) is 1. The zero-order valence-electron chi connectivity index (χ0n) is 18.0. The first-order chi connectivity index (χ1) is 15.5. The van der Waals surface area contributed by atoms with Crippen LogP contribution in [0.5, 0.6) is 5.88 Å². The van der Waals surface area contributed by atoms with Gasteiger partial charge >= 0.3 is 5.97 Å². The maximum Gasteiger partial charge on any atom is 0.306 e. The number of H-pyrrole nitrogens is 1. The Kier molecular flexibility index (Phi) is 6.41. The molecule has 0 aliphatic rings. The molecule has 166 valence electrons. The molecule has 4 aromatic rings. The lowest BCUT2D eigenvalue weighted by atomic mass is 10.0. The van der Waals surface area contributed by atoms with E-state index in [0.29, 0.717) is 47.6 Å².